The third kappa shape index (κ3) is 3.51. The van der Waals surface area contributed by atoms with Gasteiger partial charge in [0.15, 0.2) is 0 Å². The molecule has 2 aromatic rings. The Morgan fingerprint density at radius 1 is 1.32 bits per heavy atom. The Labute approximate surface area is 110 Å². The zero-order valence-corrected chi connectivity index (χ0v) is 10.4. The molecule has 1 N–H and O–H groups in total. The number of para-hydroxylation sites is 1. The number of amides is 1. The van der Waals surface area contributed by atoms with E-state index in [9.17, 15) is 9.18 Å². The zero-order valence-electron chi connectivity index (χ0n) is 10.4. The number of methoxy groups -OCH3 is 1. The lowest BCUT2D eigenvalue weighted by Gasteiger charge is -2.08. The first-order valence-corrected chi connectivity index (χ1v) is 5.72. The first-order chi connectivity index (χ1) is 9.19. The van der Waals surface area contributed by atoms with Gasteiger partial charge in [-0.15, -0.1) is 0 Å². The van der Waals surface area contributed by atoms with Gasteiger partial charge in [-0.2, -0.15) is 0 Å². The number of benzene rings is 1. The van der Waals surface area contributed by atoms with E-state index >= 15 is 0 Å². The Hall–Kier alpha value is -2.43. The second-order valence-corrected chi connectivity index (χ2v) is 3.90. The van der Waals surface area contributed by atoms with Gasteiger partial charge in [0.1, 0.15) is 17.4 Å². The molecule has 0 aliphatic rings. The highest BCUT2D eigenvalue weighted by atomic mass is 19.1. The average Bonchev–Trinajstić information content (AvgIpc) is 2.42. The fourth-order valence-corrected chi connectivity index (χ4v) is 1.66. The van der Waals surface area contributed by atoms with Gasteiger partial charge in [0.2, 0.25) is 5.91 Å². The topological polar surface area (TPSA) is 51.2 Å². The Balaban J connectivity index is 2.03. The van der Waals surface area contributed by atoms with E-state index in [0.717, 1.165) is 11.8 Å². The van der Waals surface area contributed by atoms with Gasteiger partial charge in [-0.3, -0.25) is 4.79 Å². The number of aromatic nitrogens is 1. The van der Waals surface area contributed by atoms with E-state index in [1.165, 1.54) is 12.1 Å². The van der Waals surface area contributed by atoms with E-state index in [4.69, 9.17) is 4.74 Å². The molecule has 0 atom stereocenters. The van der Waals surface area contributed by atoms with E-state index < -0.39 is 5.82 Å². The van der Waals surface area contributed by atoms with Crippen LogP contribution in [-0.2, 0) is 11.2 Å². The van der Waals surface area contributed by atoms with Crippen molar-refractivity contribution in [2.24, 2.45) is 0 Å². The van der Waals surface area contributed by atoms with E-state index in [1.54, 1.807) is 13.2 Å². The van der Waals surface area contributed by atoms with Crippen LogP contribution in [0.5, 0.6) is 5.75 Å². The number of halogens is 1. The van der Waals surface area contributed by atoms with E-state index in [2.05, 4.69) is 10.3 Å². The van der Waals surface area contributed by atoms with Gasteiger partial charge in [-0.1, -0.05) is 18.2 Å². The summed E-state index contributed by atoms with van der Waals surface area (Å²) in [5.74, 6) is 0.303. The third-order valence-electron chi connectivity index (χ3n) is 2.54. The number of ether oxygens (including phenoxy) is 1. The number of rotatable bonds is 4. The minimum Gasteiger partial charge on any atom is -0.496 e. The summed E-state index contributed by atoms with van der Waals surface area (Å²) in [5, 5.41) is 2.60. The minimum atomic E-state index is -0.442. The molecule has 1 heterocycles. The second-order valence-electron chi connectivity index (χ2n) is 3.90. The number of nitrogens with zero attached hydrogens (tertiary/aromatic N) is 1. The number of pyridine rings is 1. The largest absolute Gasteiger partial charge is 0.496 e. The fourth-order valence-electron chi connectivity index (χ4n) is 1.66. The van der Waals surface area contributed by atoms with Crippen LogP contribution in [0.1, 0.15) is 5.56 Å². The lowest BCUT2D eigenvalue weighted by molar-refractivity contribution is -0.115. The van der Waals surface area contributed by atoms with Crippen LogP contribution in [0.2, 0.25) is 0 Å². The Morgan fingerprint density at radius 3 is 2.79 bits per heavy atom. The number of carbonyl (C=O) groups is 1. The second kappa shape index (κ2) is 5.95. The van der Waals surface area contributed by atoms with Gasteiger partial charge < -0.3 is 10.1 Å². The summed E-state index contributed by atoms with van der Waals surface area (Å²) >= 11 is 0. The van der Waals surface area contributed by atoms with Crippen molar-refractivity contribution in [3.05, 3.63) is 54.0 Å². The summed E-state index contributed by atoms with van der Waals surface area (Å²) in [5.41, 5.74) is 0.782. The predicted octanol–water partition coefficient (Wildman–Crippen LogP) is 2.41. The molecule has 2 rings (SSSR count). The van der Waals surface area contributed by atoms with E-state index in [-0.39, 0.29) is 12.3 Å². The molecule has 98 valence electrons. The minimum absolute atomic E-state index is 0.170. The standard InChI is InChI=1S/C14H13FN2O2/c1-19-12-5-3-2-4-10(12)8-14(18)17-13-7-6-11(15)9-16-13/h2-7,9H,8H2,1H3,(H,16,17,18). The molecule has 0 spiro atoms. The molecule has 0 radical (unpaired) electrons. The fraction of sp³-hybridized carbons (Fsp3) is 0.143. The number of anilines is 1. The zero-order chi connectivity index (χ0) is 13.7. The van der Waals surface area contributed by atoms with Crippen molar-refractivity contribution >= 4 is 11.7 Å². The highest BCUT2D eigenvalue weighted by Gasteiger charge is 2.08. The molecule has 4 nitrogen and oxygen atoms in total. The first kappa shape index (κ1) is 13.0. The van der Waals surface area contributed by atoms with Crippen LogP contribution in [0, 0.1) is 5.82 Å². The first-order valence-electron chi connectivity index (χ1n) is 5.72. The SMILES string of the molecule is COc1ccccc1CC(=O)Nc1ccc(F)cn1. The molecule has 19 heavy (non-hydrogen) atoms. The van der Waals surface area contributed by atoms with E-state index in [0.29, 0.717) is 11.6 Å². The van der Waals surface area contributed by atoms with Gasteiger partial charge in [0.25, 0.3) is 0 Å². The number of hydrogen-bond acceptors (Lipinski definition) is 3. The number of nitrogens with one attached hydrogen (secondary N) is 1. The van der Waals surface area contributed by atoms with Crippen molar-refractivity contribution in [2.75, 3.05) is 12.4 Å². The Kier molecular flexibility index (Phi) is 4.07. The van der Waals surface area contributed by atoms with Gasteiger partial charge in [0, 0.05) is 5.56 Å². The molecule has 1 amide bonds. The van der Waals surface area contributed by atoms with Crippen LogP contribution in [-0.4, -0.2) is 18.0 Å². The van der Waals surface area contributed by atoms with Crippen LogP contribution >= 0.6 is 0 Å². The van der Waals surface area contributed by atoms with Crippen molar-refractivity contribution in [3.63, 3.8) is 0 Å². The van der Waals surface area contributed by atoms with Crippen molar-refractivity contribution in [1.29, 1.82) is 0 Å². The maximum atomic E-state index is 12.7. The third-order valence-corrected chi connectivity index (χ3v) is 2.54. The summed E-state index contributed by atoms with van der Waals surface area (Å²) in [6, 6.07) is 9.93. The summed E-state index contributed by atoms with van der Waals surface area (Å²) in [7, 11) is 1.55. The summed E-state index contributed by atoms with van der Waals surface area (Å²) < 4.78 is 17.8. The van der Waals surface area contributed by atoms with Crippen molar-refractivity contribution < 1.29 is 13.9 Å². The molecule has 0 aliphatic carbocycles. The molecule has 0 unspecified atom stereocenters. The Morgan fingerprint density at radius 2 is 2.11 bits per heavy atom. The molecule has 1 aromatic heterocycles. The molecule has 5 heteroatoms. The number of carbonyl (C=O) groups excluding carboxylic acids is 1. The van der Waals surface area contributed by atoms with Crippen LogP contribution in [0.3, 0.4) is 0 Å². The molecule has 0 fully saturated rings. The highest BCUT2D eigenvalue weighted by molar-refractivity contribution is 5.91. The highest BCUT2D eigenvalue weighted by Crippen LogP contribution is 2.18. The summed E-state index contributed by atoms with van der Waals surface area (Å²) in [6.45, 7) is 0. The lowest BCUT2D eigenvalue weighted by atomic mass is 10.1. The molecular formula is C14H13FN2O2. The van der Waals surface area contributed by atoms with Crippen molar-refractivity contribution in [2.45, 2.75) is 6.42 Å². The molecular weight excluding hydrogens is 247 g/mol. The normalized spacial score (nSPS) is 10.0. The maximum Gasteiger partial charge on any atom is 0.230 e. The van der Waals surface area contributed by atoms with Crippen LogP contribution in [0.25, 0.3) is 0 Å². The van der Waals surface area contributed by atoms with Crippen molar-refractivity contribution in [3.8, 4) is 5.75 Å². The summed E-state index contributed by atoms with van der Waals surface area (Å²) in [4.78, 5) is 15.6. The summed E-state index contributed by atoms with van der Waals surface area (Å²) in [6.07, 6.45) is 1.22. The molecule has 0 bridgehead atoms. The predicted molar refractivity (Wildman–Crippen MR) is 69.5 cm³/mol. The van der Waals surface area contributed by atoms with Crippen LogP contribution < -0.4 is 10.1 Å². The monoisotopic (exact) mass is 260 g/mol. The maximum absolute atomic E-state index is 12.7. The van der Waals surface area contributed by atoms with E-state index in [1.807, 2.05) is 18.2 Å². The number of hydrogen-bond donors (Lipinski definition) is 1. The molecule has 0 saturated carbocycles. The lowest BCUT2D eigenvalue weighted by Crippen LogP contribution is -2.15. The van der Waals surface area contributed by atoms with Crippen LogP contribution in [0.4, 0.5) is 10.2 Å². The van der Waals surface area contributed by atoms with Crippen LogP contribution in [0.15, 0.2) is 42.6 Å². The van der Waals surface area contributed by atoms with Gasteiger partial charge >= 0.3 is 0 Å². The van der Waals surface area contributed by atoms with Gasteiger partial charge in [-0.05, 0) is 18.2 Å². The van der Waals surface area contributed by atoms with Gasteiger partial charge in [-0.25, -0.2) is 9.37 Å². The average molecular weight is 260 g/mol. The smallest absolute Gasteiger partial charge is 0.230 e. The van der Waals surface area contributed by atoms with Crippen molar-refractivity contribution in [1.82, 2.24) is 4.98 Å². The molecule has 0 aliphatic heterocycles. The quantitative estimate of drug-likeness (QED) is 0.918. The molecule has 1 aromatic carbocycles. The Bertz CT molecular complexity index is 570. The van der Waals surface area contributed by atoms with Gasteiger partial charge in [0.05, 0.1) is 19.7 Å². The molecule has 0 saturated heterocycles.